The fraction of sp³-hybridized carbons (Fsp3) is 0.427. The maximum atomic E-state index is 11.9. The number of hydrogen-bond donors (Lipinski definition) is 10. The molecule has 0 fully saturated rings. The normalized spacial score (nSPS) is 19.2. The van der Waals surface area contributed by atoms with Crippen molar-refractivity contribution < 1.29 is 28.6 Å². The molecule has 5 heterocycles. The van der Waals surface area contributed by atoms with Gasteiger partial charge in [-0.05, 0) is 185 Å². The second-order valence-electron chi connectivity index (χ2n) is 28.4. The van der Waals surface area contributed by atoms with Crippen LogP contribution in [0.1, 0.15) is 151 Å². The van der Waals surface area contributed by atoms with Gasteiger partial charge in [0.25, 0.3) is 0 Å². The Balaban J connectivity index is 0.000000118. The van der Waals surface area contributed by atoms with E-state index in [1.807, 2.05) is 80.5 Å². The monoisotopic (exact) mass is 1230 g/mol. The van der Waals surface area contributed by atoms with Crippen molar-refractivity contribution in [2.24, 2.45) is 11.5 Å². The van der Waals surface area contributed by atoms with Crippen molar-refractivity contribution in [3.8, 4) is 0 Å². The highest BCUT2D eigenvalue weighted by Crippen LogP contribution is 2.34. The molecule has 3 amide bonds. The van der Waals surface area contributed by atoms with Gasteiger partial charge in [-0.1, -0.05) is 91.0 Å². The van der Waals surface area contributed by atoms with Crippen LogP contribution in [0.5, 0.6) is 0 Å². The quantitative estimate of drug-likeness (QED) is 0.0761. The Labute approximate surface area is 534 Å². The van der Waals surface area contributed by atoms with Crippen LogP contribution in [0.15, 0.2) is 121 Å². The van der Waals surface area contributed by atoms with E-state index >= 15 is 0 Å². The van der Waals surface area contributed by atoms with Gasteiger partial charge in [0.15, 0.2) is 0 Å². The van der Waals surface area contributed by atoms with Crippen molar-refractivity contribution in [3.05, 3.63) is 178 Å². The van der Waals surface area contributed by atoms with Crippen molar-refractivity contribution in [2.45, 2.75) is 206 Å². The summed E-state index contributed by atoms with van der Waals surface area (Å²) in [7, 11) is 0. The van der Waals surface area contributed by atoms with E-state index in [1.165, 1.54) is 111 Å². The van der Waals surface area contributed by atoms with Crippen molar-refractivity contribution in [3.63, 3.8) is 0 Å². The molecule has 0 saturated carbocycles. The molecule has 5 aromatic heterocycles. The number of fused-ring (bicyclic) bond motifs is 15. The minimum absolute atomic E-state index is 0.139. The number of rotatable bonds is 3. The average Bonchev–Trinajstić information content (AvgIpc) is 1.90. The van der Waals surface area contributed by atoms with Gasteiger partial charge in [-0.2, -0.15) is 0 Å². The zero-order chi connectivity index (χ0) is 64.2. The van der Waals surface area contributed by atoms with Crippen molar-refractivity contribution in [1.29, 1.82) is 0 Å². The molecular formula is C75H94N10O6. The molecule has 0 bridgehead atoms. The highest BCUT2D eigenvalue weighted by molar-refractivity contribution is 5.88. The summed E-state index contributed by atoms with van der Waals surface area (Å²) in [4.78, 5) is 53.0. The third-order valence-electron chi connectivity index (χ3n) is 17.7. The van der Waals surface area contributed by atoms with Gasteiger partial charge in [-0.25, -0.2) is 14.4 Å². The van der Waals surface area contributed by atoms with Crippen LogP contribution in [0.3, 0.4) is 0 Å². The summed E-state index contributed by atoms with van der Waals surface area (Å²) < 4.78 is 16.0. The van der Waals surface area contributed by atoms with E-state index in [-0.39, 0.29) is 36.4 Å². The van der Waals surface area contributed by atoms with Crippen LogP contribution in [0.2, 0.25) is 0 Å². The zero-order valence-corrected chi connectivity index (χ0v) is 54.6. The van der Waals surface area contributed by atoms with Gasteiger partial charge in [0.1, 0.15) is 16.8 Å². The van der Waals surface area contributed by atoms with Crippen LogP contribution in [-0.4, -0.2) is 90.2 Å². The Morgan fingerprint density at radius 1 is 0.341 bits per heavy atom. The third-order valence-corrected chi connectivity index (χ3v) is 17.7. The van der Waals surface area contributed by atoms with E-state index < -0.39 is 16.8 Å². The molecule has 10 aromatic rings. The van der Waals surface area contributed by atoms with Gasteiger partial charge in [-0.15, -0.1) is 0 Å². The van der Waals surface area contributed by atoms with E-state index in [9.17, 15) is 14.4 Å². The zero-order valence-electron chi connectivity index (χ0n) is 54.6. The lowest BCUT2D eigenvalue weighted by atomic mass is 9.92. The molecule has 0 spiro atoms. The lowest BCUT2D eigenvalue weighted by molar-refractivity contribution is 0.0488. The summed E-state index contributed by atoms with van der Waals surface area (Å²) in [5.74, 6) is 0. The molecule has 16 heteroatoms. The first-order valence-electron chi connectivity index (χ1n) is 32.9. The molecule has 12 N–H and O–H groups in total. The second kappa shape index (κ2) is 27.2. The number of nitrogens with one attached hydrogen (secondary N) is 8. The summed E-state index contributed by atoms with van der Waals surface area (Å²) in [6.07, 6.45) is 13.8. The number of carbonyl (C=O) groups excluding carboxylic acids is 3. The maximum Gasteiger partial charge on any atom is 0.407 e. The number of amides is 3. The standard InChI is InChI=1S/3C17H22N2O2.2C12H14N2/c3*1-17(2,3)21-16(20)18-11-8-9-13-12-6-4-5-7-14(12)19-15(13)10-11;2*13-8-5-6-10-9-3-1-2-4-11(9)14-12(10)7-8/h3*4-7,11,19H,8-10H2,1-3H3,(H,18,20);2*1-4,8,14H,5-7,13H2/t2*11-;;2*8-/m10.10/s1. The first-order valence-corrected chi connectivity index (χ1v) is 32.9. The molecule has 5 aliphatic carbocycles. The smallest absolute Gasteiger partial charge is 0.407 e. The van der Waals surface area contributed by atoms with Gasteiger partial charge >= 0.3 is 18.3 Å². The Morgan fingerprint density at radius 2 is 0.549 bits per heavy atom. The summed E-state index contributed by atoms with van der Waals surface area (Å²) in [6.45, 7) is 16.9. The predicted molar refractivity (Wildman–Crippen MR) is 367 cm³/mol. The molecule has 5 aromatic carbocycles. The van der Waals surface area contributed by atoms with E-state index in [2.05, 4.69) is 144 Å². The molecule has 5 aliphatic rings. The lowest BCUT2D eigenvalue weighted by Crippen LogP contribution is -2.41. The fourth-order valence-corrected chi connectivity index (χ4v) is 13.8. The van der Waals surface area contributed by atoms with Gasteiger partial charge in [-0.3, -0.25) is 0 Å². The molecule has 1 unspecified atom stereocenters. The highest BCUT2D eigenvalue weighted by atomic mass is 16.6. The van der Waals surface area contributed by atoms with E-state index in [0.29, 0.717) is 12.1 Å². The number of benzene rings is 5. The minimum Gasteiger partial charge on any atom is -0.444 e. The van der Waals surface area contributed by atoms with Gasteiger partial charge < -0.3 is 66.5 Å². The molecule has 480 valence electrons. The number of para-hydroxylation sites is 5. The topological polar surface area (TPSA) is 246 Å². The summed E-state index contributed by atoms with van der Waals surface area (Å²) in [6, 6.07) is 43.2. The molecule has 91 heavy (non-hydrogen) atoms. The number of aromatic nitrogens is 5. The molecular weight excluding hydrogens is 1140 g/mol. The van der Waals surface area contributed by atoms with Crippen LogP contribution in [0.25, 0.3) is 54.5 Å². The lowest BCUT2D eigenvalue weighted by Gasteiger charge is -2.26. The summed E-state index contributed by atoms with van der Waals surface area (Å²) in [5.41, 5.74) is 30.2. The summed E-state index contributed by atoms with van der Waals surface area (Å²) >= 11 is 0. The Hall–Kier alpha value is -8.47. The average molecular weight is 1230 g/mol. The van der Waals surface area contributed by atoms with Crippen molar-refractivity contribution in [2.75, 3.05) is 0 Å². The van der Waals surface area contributed by atoms with Gasteiger partial charge in [0.2, 0.25) is 0 Å². The fourth-order valence-electron chi connectivity index (χ4n) is 13.8. The predicted octanol–water partition coefficient (Wildman–Crippen LogP) is 14.6. The number of aryl methyl sites for hydroxylation is 5. The largest absolute Gasteiger partial charge is 0.444 e. The van der Waals surface area contributed by atoms with Crippen LogP contribution in [-0.2, 0) is 78.4 Å². The first-order chi connectivity index (χ1) is 43.5. The van der Waals surface area contributed by atoms with Gasteiger partial charge in [0, 0.05) is 145 Å². The van der Waals surface area contributed by atoms with E-state index in [1.54, 1.807) is 0 Å². The van der Waals surface area contributed by atoms with Crippen LogP contribution < -0.4 is 27.4 Å². The Bertz CT molecular complexity index is 3810. The Morgan fingerprint density at radius 3 is 0.780 bits per heavy atom. The van der Waals surface area contributed by atoms with Crippen molar-refractivity contribution in [1.82, 2.24) is 40.9 Å². The second-order valence-corrected chi connectivity index (χ2v) is 28.4. The minimum atomic E-state index is -0.453. The molecule has 16 nitrogen and oxygen atoms in total. The SMILES string of the molecule is CC(C)(C)OC(=O)NC1CCc2c([nH]c3ccccc23)C1.CC(C)(C)OC(=O)N[C@@H]1CCc2c([nH]c3ccccc23)C1.CC(C)(C)OC(=O)N[C@H]1CCc2c([nH]c3ccccc23)C1.N[C@@H]1CCc2c([nH]c3ccccc23)C1.N[C@H]1CCc2c([nH]c3ccccc23)C1. The van der Waals surface area contributed by atoms with Crippen LogP contribution >= 0.6 is 0 Å². The van der Waals surface area contributed by atoms with E-state index in [0.717, 1.165) is 96.3 Å². The number of hydrogen-bond acceptors (Lipinski definition) is 8. The maximum absolute atomic E-state index is 11.9. The Kier molecular flexibility index (Phi) is 19.1. The molecule has 0 aliphatic heterocycles. The molecule has 5 atom stereocenters. The molecule has 0 radical (unpaired) electrons. The van der Waals surface area contributed by atoms with Crippen LogP contribution in [0, 0.1) is 0 Å². The molecule has 0 saturated heterocycles. The van der Waals surface area contributed by atoms with Gasteiger partial charge in [0.05, 0.1) is 0 Å². The highest BCUT2D eigenvalue weighted by Gasteiger charge is 2.29. The number of nitrogens with two attached hydrogens (primary N) is 2. The number of alkyl carbamates (subject to hydrolysis) is 3. The van der Waals surface area contributed by atoms with Crippen molar-refractivity contribution >= 4 is 72.8 Å². The number of carbonyl (C=O) groups is 3. The van der Waals surface area contributed by atoms with Crippen LogP contribution in [0.4, 0.5) is 14.4 Å². The number of H-pyrrole nitrogens is 5. The first kappa shape index (κ1) is 64.1. The number of aromatic amines is 5. The number of ether oxygens (including phenoxy) is 3. The summed E-state index contributed by atoms with van der Waals surface area (Å²) in [5, 5.41) is 15.6. The third kappa shape index (κ3) is 16.2. The van der Waals surface area contributed by atoms with E-state index in [4.69, 9.17) is 25.7 Å². The molecule has 15 rings (SSSR count).